The van der Waals surface area contributed by atoms with Crippen LogP contribution >= 0.6 is 11.3 Å². The predicted octanol–water partition coefficient (Wildman–Crippen LogP) is 15.2. The molecule has 0 aliphatic carbocycles. The summed E-state index contributed by atoms with van der Waals surface area (Å²) in [5.41, 5.74) is 14.5. The third kappa shape index (κ3) is 4.96. The highest BCUT2D eigenvalue weighted by Crippen LogP contribution is 2.42. The number of benzene rings is 9. The first-order chi connectivity index (χ1) is 28.3. The molecule has 3 heteroatoms. The molecule has 57 heavy (non-hydrogen) atoms. The van der Waals surface area contributed by atoms with Crippen molar-refractivity contribution in [2.45, 2.75) is 0 Å². The molecule has 9 aromatic carbocycles. The summed E-state index contributed by atoms with van der Waals surface area (Å²) in [7, 11) is 0. The quantitative estimate of drug-likeness (QED) is 0.166. The maximum atomic E-state index is 2.43. The summed E-state index contributed by atoms with van der Waals surface area (Å²) in [6.45, 7) is 0. The Labute approximate surface area is 333 Å². The first kappa shape index (κ1) is 32.1. The second kappa shape index (κ2) is 12.7. The zero-order valence-electron chi connectivity index (χ0n) is 30.9. The third-order valence-electron chi connectivity index (χ3n) is 11.8. The van der Waals surface area contributed by atoms with Gasteiger partial charge in [-0.3, -0.25) is 0 Å². The minimum absolute atomic E-state index is 1.15. The van der Waals surface area contributed by atoms with Crippen LogP contribution in [0.15, 0.2) is 206 Å². The van der Waals surface area contributed by atoms with Gasteiger partial charge in [-0.25, -0.2) is 0 Å². The maximum Gasteiger partial charge on any atom is 0.0547 e. The molecule has 12 aromatic rings. The molecule has 0 unspecified atom stereocenters. The number of para-hydroxylation sites is 3. The zero-order valence-corrected chi connectivity index (χ0v) is 31.7. The smallest absolute Gasteiger partial charge is 0.0547 e. The SMILES string of the molecule is c1ccc(-n2c3ccccc3c3c(-c4ccc5c6ccccc6n(-c6ccc(-c7ccc(-c8cccc9c8sc8ccccc89)cc7)cc6)c5c4)cccc32)cc1. The zero-order chi connectivity index (χ0) is 37.5. The van der Waals surface area contributed by atoms with Crippen LogP contribution in [0.5, 0.6) is 0 Å². The number of thiophene rings is 1. The van der Waals surface area contributed by atoms with E-state index in [1.54, 1.807) is 0 Å². The molecule has 0 aliphatic rings. The van der Waals surface area contributed by atoms with Crippen LogP contribution in [0.2, 0.25) is 0 Å². The van der Waals surface area contributed by atoms with Gasteiger partial charge in [-0.05, 0) is 88.0 Å². The Kier molecular flexibility index (Phi) is 7.13. The fourth-order valence-corrected chi connectivity index (χ4v) is 10.4. The summed E-state index contributed by atoms with van der Waals surface area (Å²) in [5, 5.41) is 7.70. The second-order valence-corrected chi connectivity index (χ2v) is 15.9. The molecule has 266 valence electrons. The molecule has 0 N–H and O–H groups in total. The standard InChI is InChI=1S/C54H34N2S/c1-2-12-39(13-3-1)55-49-21-8-5-16-47(49)53-41(17-11-22-50(53)55)38-30-33-44-43-14-4-7-20-48(43)56(51(44)34-38)40-31-28-36(29-32-40)35-24-26-37(27-25-35)42-18-10-19-46-45-15-6-9-23-52(45)57-54(42)46/h1-34H. The molecule has 3 heterocycles. The van der Waals surface area contributed by atoms with Crippen LogP contribution in [-0.2, 0) is 0 Å². The summed E-state index contributed by atoms with van der Waals surface area (Å²) < 4.78 is 7.51. The van der Waals surface area contributed by atoms with E-state index in [1.165, 1.54) is 103 Å². The van der Waals surface area contributed by atoms with Crippen molar-refractivity contribution in [3.8, 4) is 44.8 Å². The number of hydrogen-bond acceptors (Lipinski definition) is 1. The highest BCUT2D eigenvalue weighted by molar-refractivity contribution is 7.26. The Hall–Kier alpha value is -7.20. The number of hydrogen-bond donors (Lipinski definition) is 0. The first-order valence-corrected chi connectivity index (χ1v) is 20.3. The van der Waals surface area contributed by atoms with Crippen LogP contribution in [0.3, 0.4) is 0 Å². The van der Waals surface area contributed by atoms with Crippen molar-refractivity contribution < 1.29 is 0 Å². The second-order valence-electron chi connectivity index (χ2n) is 14.9. The molecule has 0 fully saturated rings. The summed E-state index contributed by atoms with van der Waals surface area (Å²) >= 11 is 1.88. The number of aromatic nitrogens is 2. The molecule has 0 spiro atoms. The highest BCUT2D eigenvalue weighted by atomic mass is 32.1. The van der Waals surface area contributed by atoms with E-state index in [0.29, 0.717) is 0 Å². The van der Waals surface area contributed by atoms with Gasteiger partial charge < -0.3 is 9.13 Å². The van der Waals surface area contributed by atoms with Crippen molar-refractivity contribution in [2.24, 2.45) is 0 Å². The molecule has 0 aliphatic heterocycles. The minimum Gasteiger partial charge on any atom is -0.309 e. The van der Waals surface area contributed by atoms with Crippen LogP contribution in [0, 0.1) is 0 Å². The van der Waals surface area contributed by atoms with Crippen LogP contribution in [0.25, 0.3) is 109 Å². The lowest BCUT2D eigenvalue weighted by Gasteiger charge is -2.12. The summed E-state index contributed by atoms with van der Waals surface area (Å²) in [6, 6.07) is 75.5. The topological polar surface area (TPSA) is 9.86 Å². The van der Waals surface area contributed by atoms with E-state index >= 15 is 0 Å². The molecule has 0 amide bonds. The van der Waals surface area contributed by atoms with Crippen LogP contribution < -0.4 is 0 Å². The van der Waals surface area contributed by atoms with Gasteiger partial charge in [-0.15, -0.1) is 11.3 Å². The Bertz CT molecular complexity index is 3490. The van der Waals surface area contributed by atoms with Crippen molar-refractivity contribution in [3.63, 3.8) is 0 Å². The molecule has 0 saturated heterocycles. The summed E-state index contributed by atoms with van der Waals surface area (Å²) in [5.74, 6) is 0. The largest absolute Gasteiger partial charge is 0.309 e. The van der Waals surface area contributed by atoms with Gasteiger partial charge >= 0.3 is 0 Å². The van der Waals surface area contributed by atoms with Gasteiger partial charge in [0.1, 0.15) is 0 Å². The third-order valence-corrected chi connectivity index (χ3v) is 13.0. The van der Waals surface area contributed by atoms with Gasteiger partial charge in [0.25, 0.3) is 0 Å². The number of nitrogens with zero attached hydrogens (tertiary/aromatic N) is 2. The normalized spacial score (nSPS) is 11.9. The van der Waals surface area contributed by atoms with Crippen molar-refractivity contribution in [1.29, 1.82) is 0 Å². The lowest BCUT2D eigenvalue weighted by molar-refractivity contribution is 1.18. The first-order valence-electron chi connectivity index (χ1n) is 19.5. The lowest BCUT2D eigenvalue weighted by Crippen LogP contribution is -1.94. The van der Waals surface area contributed by atoms with E-state index < -0.39 is 0 Å². The molecular weight excluding hydrogens is 709 g/mol. The van der Waals surface area contributed by atoms with Crippen LogP contribution in [0.1, 0.15) is 0 Å². The van der Waals surface area contributed by atoms with E-state index in [4.69, 9.17) is 0 Å². The molecule has 0 radical (unpaired) electrons. The average Bonchev–Trinajstić information content (AvgIpc) is 3.94. The molecule has 2 nitrogen and oxygen atoms in total. The Balaban J connectivity index is 0.955. The average molecular weight is 743 g/mol. The molecule has 12 rings (SSSR count). The van der Waals surface area contributed by atoms with E-state index in [0.717, 1.165) is 5.69 Å². The molecule has 0 atom stereocenters. The van der Waals surface area contributed by atoms with Crippen LogP contribution in [-0.4, -0.2) is 9.13 Å². The predicted molar refractivity (Wildman–Crippen MR) is 244 cm³/mol. The number of fused-ring (bicyclic) bond motifs is 9. The summed E-state index contributed by atoms with van der Waals surface area (Å²) in [4.78, 5) is 0. The van der Waals surface area contributed by atoms with Gasteiger partial charge in [-0.2, -0.15) is 0 Å². The molecule has 0 bridgehead atoms. The Morgan fingerprint density at radius 2 is 0.825 bits per heavy atom. The molecular formula is C54H34N2S. The van der Waals surface area contributed by atoms with Crippen molar-refractivity contribution in [3.05, 3.63) is 206 Å². The van der Waals surface area contributed by atoms with Crippen LogP contribution in [0.4, 0.5) is 0 Å². The molecule has 0 saturated carbocycles. The van der Waals surface area contributed by atoms with E-state index in [-0.39, 0.29) is 0 Å². The van der Waals surface area contributed by atoms with Gasteiger partial charge in [0.05, 0.1) is 22.1 Å². The van der Waals surface area contributed by atoms with Gasteiger partial charge in [0, 0.05) is 53.1 Å². The fourth-order valence-electron chi connectivity index (χ4n) is 9.15. The fraction of sp³-hybridized carbons (Fsp3) is 0. The van der Waals surface area contributed by atoms with E-state index in [1.807, 2.05) is 11.3 Å². The Morgan fingerprint density at radius 3 is 1.63 bits per heavy atom. The monoisotopic (exact) mass is 742 g/mol. The maximum absolute atomic E-state index is 2.43. The van der Waals surface area contributed by atoms with Crippen molar-refractivity contribution >= 4 is 75.1 Å². The van der Waals surface area contributed by atoms with Crippen molar-refractivity contribution in [2.75, 3.05) is 0 Å². The molecule has 3 aromatic heterocycles. The summed E-state index contributed by atoms with van der Waals surface area (Å²) in [6.07, 6.45) is 0. The highest BCUT2D eigenvalue weighted by Gasteiger charge is 2.18. The van der Waals surface area contributed by atoms with E-state index in [9.17, 15) is 0 Å². The number of rotatable bonds is 5. The van der Waals surface area contributed by atoms with Gasteiger partial charge in [-0.1, -0.05) is 152 Å². The lowest BCUT2D eigenvalue weighted by atomic mass is 9.98. The van der Waals surface area contributed by atoms with Gasteiger partial charge in [0.15, 0.2) is 0 Å². The minimum atomic E-state index is 1.15. The van der Waals surface area contributed by atoms with Gasteiger partial charge in [0.2, 0.25) is 0 Å². The van der Waals surface area contributed by atoms with E-state index in [2.05, 4.69) is 215 Å². The Morgan fingerprint density at radius 1 is 0.298 bits per heavy atom. The van der Waals surface area contributed by atoms with Crippen molar-refractivity contribution in [1.82, 2.24) is 9.13 Å².